The fourth-order valence-electron chi connectivity index (χ4n) is 3.59. The van der Waals surface area contributed by atoms with Crippen LogP contribution >= 0.6 is 0 Å². The molecule has 0 fully saturated rings. The molecule has 1 N–H and O–H groups in total. The number of ether oxygens (including phenoxy) is 3. The van der Waals surface area contributed by atoms with Gasteiger partial charge < -0.3 is 24.1 Å². The van der Waals surface area contributed by atoms with Gasteiger partial charge in [-0.25, -0.2) is 4.79 Å². The summed E-state index contributed by atoms with van der Waals surface area (Å²) in [5, 5.41) is 1.08. The Kier molecular flexibility index (Phi) is 5.21. The molecule has 2 heterocycles. The number of H-pyrrole nitrogens is 1. The third-order valence-corrected chi connectivity index (χ3v) is 4.94. The van der Waals surface area contributed by atoms with Gasteiger partial charge in [0.1, 0.15) is 12.4 Å². The number of hydrogen-bond donors (Lipinski definition) is 1. The highest BCUT2D eigenvalue weighted by atomic mass is 16.7. The van der Waals surface area contributed by atoms with Crippen molar-refractivity contribution in [2.24, 2.45) is 0 Å². The maximum atomic E-state index is 11.9. The Morgan fingerprint density at radius 3 is 2.79 bits per heavy atom. The van der Waals surface area contributed by atoms with Gasteiger partial charge in [-0.3, -0.25) is 0 Å². The smallest absolute Gasteiger partial charge is 0.487 e. The number of hydrogen-bond acceptors (Lipinski definition) is 5. The van der Waals surface area contributed by atoms with Crippen LogP contribution in [0.15, 0.2) is 42.5 Å². The molecule has 0 atom stereocenters. The van der Waals surface area contributed by atoms with E-state index < -0.39 is 6.16 Å². The second-order valence-corrected chi connectivity index (χ2v) is 6.95. The molecule has 4 rings (SSSR count). The van der Waals surface area contributed by atoms with Gasteiger partial charge in [-0.05, 0) is 37.6 Å². The monoisotopic (exact) mass is 380 g/mol. The molecule has 0 saturated carbocycles. The Balaban J connectivity index is 1.73. The van der Waals surface area contributed by atoms with Crippen molar-refractivity contribution in [3.8, 4) is 11.6 Å². The first kappa shape index (κ1) is 18.4. The van der Waals surface area contributed by atoms with Gasteiger partial charge in [0.05, 0.1) is 12.1 Å². The highest BCUT2D eigenvalue weighted by Gasteiger charge is 2.24. The number of carbonyl (C=O) groups excluding carboxylic acids is 1. The molecule has 0 unspecified atom stereocenters. The number of nitrogens with zero attached hydrogens (tertiary/aromatic N) is 1. The van der Waals surface area contributed by atoms with Crippen LogP contribution in [-0.4, -0.2) is 36.2 Å². The fourth-order valence-corrected chi connectivity index (χ4v) is 3.59. The number of likely N-dealkylation sites (N-methyl/N-ethyl adjacent to an activating group) is 1. The minimum atomic E-state index is -0.703. The van der Waals surface area contributed by atoms with Crippen molar-refractivity contribution in [2.45, 2.75) is 26.5 Å². The maximum Gasteiger partial charge on any atom is 0.515 e. The van der Waals surface area contributed by atoms with Gasteiger partial charge in [0.25, 0.3) is 0 Å². The van der Waals surface area contributed by atoms with Crippen LogP contribution in [0.4, 0.5) is 4.79 Å². The highest BCUT2D eigenvalue weighted by molar-refractivity contribution is 5.94. The Bertz CT molecular complexity index is 981. The molecule has 0 aliphatic carbocycles. The lowest BCUT2D eigenvalue weighted by Gasteiger charge is -2.13. The lowest BCUT2D eigenvalue weighted by atomic mass is 10.0. The number of carbonyl (C=O) groups is 1. The van der Waals surface area contributed by atoms with Gasteiger partial charge in [0.15, 0.2) is 0 Å². The van der Waals surface area contributed by atoms with Crippen molar-refractivity contribution in [3.63, 3.8) is 0 Å². The van der Waals surface area contributed by atoms with Crippen LogP contribution in [0, 0.1) is 0 Å². The average molecular weight is 380 g/mol. The molecule has 0 radical (unpaired) electrons. The summed E-state index contributed by atoms with van der Waals surface area (Å²) in [6.07, 6.45) is 0.223. The van der Waals surface area contributed by atoms with Gasteiger partial charge >= 0.3 is 6.16 Å². The van der Waals surface area contributed by atoms with Crippen molar-refractivity contribution in [1.29, 1.82) is 0 Å². The maximum absolute atomic E-state index is 11.9. The van der Waals surface area contributed by atoms with E-state index in [-0.39, 0.29) is 6.61 Å². The fraction of sp³-hybridized carbons (Fsp3) is 0.318. The molecule has 1 aliphatic rings. The van der Waals surface area contributed by atoms with Crippen LogP contribution in [0.3, 0.4) is 0 Å². The minimum absolute atomic E-state index is 0.269. The normalized spacial score (nSPS) is 13.9. The standard InChI is InChI=1S/C22H24N2O4/c1-3-26-22(25)28-21-17-13-24(2)12-11-16-9-10-18(20(23-21)19(16)17)27-14-15-7-5-4-6-8-15/h4-10,23H,3,11-14H2,1-2H3. The van der Waals surface area contributed by atoms with Crippen molar-refractivity contribution < 1.29 is 19.0 Å². The first-order valence-electron chi connectivity index (χ1n) is 9.52. The minimum Gasteiger partial charge on any atom is -0.487 e. The lowest BCUT2D eigenvalue weighted by Crippen LogP contribution is -2.19. The number of aromatic nitrogens is 1. The summed E-state index contributed by atoms with van der Waals surface area (Å²) >= 11 is 0. The Morgan fingerprint density at radius 2 is 2.00 bits per heavy atom. The zero-order chi connectivity index (χ0) is 19.5. The van der Waals surface area contributed by atoms with E-state index in [1.165, 1.54) is 5.56 Å². The van der Waals surface area contributed by atoms with Gasteiger partial charge in [-0.2, -0.15) is 0 Å². The summed E-state index contributed by atoms with van der Waals surface area (Å²) in [6.45, 7) is 4.11. The molecule has 0 amide bonds. The first-order valence-corrected chi connectivity index (χ1v) is 9.52. The number of rotatable bonds is 5. The zero-order valence-electron chi connectivity index (χ0n) is 16.2. The molecule has 1 aromatic heterocycles. The van der Waals surface area contributed by atoms with Crippen molar-refractivity contribution in [1.82, 2.24) is 9.88 Å². The predicted molar refractivity (Wildman–Crippen MR) is 107 cm³/mol. The molecular formula is C22H24N2O4. The van der Waals surface area contributed by atoms with Crippen LogP contribution in [0.1, 0.15) is 23.6 Å². The largest absolute Gasteiger partial charge is 0.515 e. The molecule has 6 heteroatoms. The van der Waals surface area contributed by atoms with Gasteiger partial charge in [0.2, 0.25) is 5.88 Å². The van der Waals surface area contributed by atoms with Gasteiger partial charge in [0, 0.05) is 24.0 Å². The molecule has 0 bridgehead atoms. The Hall–Kier alpha value is -2.99. The van der Waals surface area contributed by atoms with Crippen LogP contribution < -0.4 is 9.47 Å². The molecule has 6 nitrogen and oxygen atoms in total. The Labute approximate surface area is 164 Å². The summed E-state index contributed by atoms with van der Waals surface area (Å²) in [4.78, 5) is 17.4. The van der Waals surface area contributed by atoms with E-state index in [9.17, 15) is 4.79 Å². The molecular weight excluding hydrogens is 356 g/mol. The van der Waals surface area contributed by atoms with Crippen molar-refractivity contribution >= 4 is 17.1 Å². The third-order valence-electron chi connectivity index (χ3n) is 4.94. The molecule has 2 aromatic carbocycles. The van der Waals surface area contributed by atoms with E-state index in [0.717, 1.165) is 40.7 Å². The topological polar surface area (TPSA) is 63.8 Å². The summed E-state index contributed by atoms with van der Waals surface area (Å²) in [5.74, 6) is 1.17. The van der Waals surface area contributed by atoms with Gasteiger partial charge in [-0.1, -0.05) is 36.4 Å². The number of benzene rings is 2. The zero-order valence-corrected chi connectivity index (χ0v) is 16.2. The summed E-state index contributed by atoms with van der Waals surface area (Å²) in [6, 6.07) is 14.1. The summed E-state index contributed by atoms with van der Waals surface area (Å²) < 4.78 is 16.5. The molecule has 28 heavy (non-hydrogen) atoms. The van der Waals surface area contributed by atoms with E-state index in [1.807, 2.05) is 36.4 Å². The highest BCUT2D eigenvalue weighted by Crippen LogP contribution is 2.39. The van der Waals surface area contributed by atoms with Crippen LogP contribution in [0.25, 0.3) is 10.9 Å². The van der Waals surface area contributed by atoms with Crippen LogP contribution in [0.5, 0.6) is 11.6 Å². The number of aromatic amines is 1. The van der Waals surface area contributed by atoms with E-state index >= 15 is 0 Å². The molecule has 0 saturated heterocycles. The van der Waals surface area contributed by atoms with Crippen LogP contribution in [0.2, 0.25) is 0 Å². The average Bonchev–Trinajstić information content (AvgIpc) is 2.94. The molecule has 1 aliphatic heterocycles. The molecule has 0 spiro atoms. The van der Waals surface area contributed by atoms with Crippen molar-refractivity contribution in [2.75, 3.05) is 20.2 Å². The second kappa shape index (κ2) is 7.94. The number of nitrogens with one attached hydrogen (secondary N) is 1. The predicted octanol–water partition coefficient (Wildman–Crippen LogP) is 4.27. The quantitative estimate of drug-likeness (QED) is 0.670. The van der Waals surface area contributed by atoms with E-state index in [4.69, 9.17) is 14.2 Å². The van der Waals surface area contributed by atoms with Gasteiger partial charge in [-0.15, -0.1) is 0 Å². The Morgan fingerprint density at radius 1 is 1.18 bits per heavy atom. The molecule has 3 aromatic rings. The summed E-state index contributed by atoms with van der Waals surface area (Å²) in [5.41, 5.74) is 4.14. The third kappa shape index (κ3) is 3.68. The molecule has 146 valence electrons. The summed E-state index contributed by atoms with van der Waals surface area (Å²) in [7, 11) is 2.06. The lowest BCUT2D eigenvalue weighted by molar-refractivity contribution is 0.102. The van der Waals surface area contributed by atoms with Crippen LogP contribution in [-0.2, 0) is 24.3 Å². The van der Waals surface area contributed by atoms with E-state index in [1.54, 1.807) is 6.92 Å². The van der Waals surface area contributed by atoms with E-state index in [2.05, 4.69) is 23.0 Å². The van der Waals surface area contributed by atoms with E-state index in [0.29, 0.717) is 19.0 Å². The SMILES string of the molecule is CCOC(=O)Oc1[nH]c2c(OCc3ccccc3)ccc3c2c1CN(C)CC3. The first-order chi connectivity index (χ1) is 13.7. The second-order valence-electron chi connectivity index (χ2n) is 6.95. The van der Waals surface area contributed by atoms with Crippen molar-refractivity contribution in [3.05, 3.63) is 59.2 Å².